The van der Waals surface area contributed by atoms with Gasteiger partial charge in [0.15, 0.2) is 0 Å². The first-order valence-corrected chi connectivity index (χ1v) is 12.4. The maximum absolute atomic E-state index is 13.3. The van der Waals surface area contributed by atoms with Gasteiger partial charge in [0.05, 0.1) is 17.6 Å². The van der Waals surface area contributed by atoms with Gasteiger partial charge in [-0.1, -0.05) is 12.8 Å². The summed E-state index contributed by atoms with van der Waals surface area (Å²) < 4.78 is 33.3. The molecule has 3 heterocycles. The monoisotopic (exact) mass is 434 g/mol. The summed E-state index contributed by atoms with van der Waals surface area (Å²) in [5.41, 5.74) is 1.48. The molecule has 1 fully saturated rings. The highest BCUT2D eigenvalue weighted by atomic mass is 32.2. The smallest absolute Gasteiger partial charge is 0.257 e. The molecule has 0 aliphatic carbocycles. The van der Waals surface area contributed by atoms with E-state index in [-0.39, 0.29) is 10.8 Å². The molecule has 29 heavy (non-hydrogen) atoms. The highest BCUT2D eigenvalue weighted by Gasteiger charge is 2.29. The zero-order valence-electron chi connectivity index (χ0n) is 16.6. The van der Waals surface area contributed by atoms with E-state index in [0.29, 0.717) is 37.5 Å². The SMILES string of the molecule is COc1ccc(S(=O)(=O)N2CCCCCC2)cc1C(=O)N1CCc2sccc2C1. The normalized spacial score (nSPS) is 18.2. The van der Waals surface area contributed by atoms with Crippen LogP contribution in [0.1, 0.15) is 46.5 Å². The van der Waals surface area contributed by atoms with Gasteiger partial charge in [-0.3, -0.25) is 4.79 Å². The number of ether oxygens (including phenoxy) is 1. The fourth-order valence-electron chi connectivity index (χ4n) is 4.04. The molecule has 6 nitrogen and oxygen atoms in total. The molecule has 1 saturated heterocycles. The topological polar surface area (TPSA) is 66.9 Å². The van der Waals surface area contributed by atoms with Crippen LogP contribution in [0.15, 0.2) is 34.5 Å². The minimum absolute atomic E-state index is 0.164. The Morgan fingerprint density at radius 2 is 1.83 bits per heavy atom. The van der Waals surface area contributed by atoms with Crippen molar-refractivity contribution >= 4 is 27.3 Å². The number of nitrogens with zero attached hydrogens (tertiary/aromatic N) is 2. The summed E-state index contributed by atoms with van der Waals surface area (Å²) in [6.45, 7) is 2.23. The second-order valence-corrected chi connectivity index (χ2v) is 10.5. The highest BCUT2D eigenvalue weighted by molar-refractivity contribution is 7.89. The molecule has 0 unspecified atom stereocenters. The van der Waals surface area contributed by atoms with Crippen molar-refractivity contribution in [2.24, 2.45) is 0 Å². The third kappa shape index (κ3) is 4.06. The van der Waals surface area contributed by atoms with E-state index in [1.807, 2.05) is 5.38 Å². The van der Waals surface area contributed by atoms with Crippen molar-refractivity contribution in [1.29, 1.82) is 0 Å². The van der Waals surface area contributed by atoms with E-state index in [1.165, 1.54) is 23.6 Å². The number of sulfonamides is 1. The average Bonchev–Trinajstić information content (AvgIpc) is 3.03. The van der Waals surface area contributed by atoms with Crippen LogP contribution in [0.25, 0.3) is 0 Å². The number of benzene rings is 1. The minimum Gasteiger partial charge on any atom is -0.496 e. The van der Waals surface area contributed by atoms with Gasteiger partial charge in [-0.2, -0.15) is 4.31 Å². The van der Waals surface area contributed by atoms with Crippen molar-refractivity contribution < 1.29 is 17.9 Å². The molecule has 1 aromatic heterocycles. The maximum atomic E-state index is 13.3. The zero-order valence-corrected chi connectivity index (χ0v) is 18.2. The van der Waals surface area contributed by atoms with Gasteiger partial charge in [0.1, 0.15) is 5.75 Å². The molecular weight excluding hydrogens is 408 g/mol. The molecule has 2 aliphatic heterocycles. The fourth-order valence-corrected chi connectivity index (χ4v) is 6.47. The predicted octanol–water partition coefficient (Wildman–Crippen LogP) is 3.52. The quantitative estimate of drug-likeness (QED) is 0.738. The van der Waals surface area contributed by atoms with Crippen LogP contribution < -0.4 is 4.74 Å². The molecular formula is C21H26N2O4S2. The molecule has 2 aromatic rings. The Hall–Kier alpha value is -1.90. The van der Waals surface area contributed by atoms with Gasteiger partial charge in [0.2, 0.25) is 10.0 Å². The molecule has 156 valence electrons. The van der Waals surface area contributed by atoms with Crippen LogP contribution in [0.5, 0.6) is 5.75 Å². The Morgan fingerprint density at radius 1 is 1.07 bits per heavy atom. The molecule has 0 N–H and O–H groups in total. The van der Waals surface area contributed by atoms with Gasteiger partial charge in [-0.05, 0) is 54.5 Å². The van der Waals surface area contributed by atoms with Gasteiger partial charge in [0.25, 0.3) is 5.91 Å². The average molecular weight is 435 g/mol. The van der Waals surface area contributed by atoms with E-state index in [2.05, 4.69) is 6.07 Å². The van der Waals surface area contributed by atoms with Crippen LogP contribution in [-0.2, 0) is 23.0 Å². The van der Waals surface area contributed by atoms with E-state index in [1.54, 1.807) is 32.7 Å². The first-order valence-electron chi connectivity index (χ1n) is 10.0. The third-order valence-electron chi connectivity index (χ3n) is 5.70. The molecule has 4 rings (SSSR count). The summed E-state index contributed by atoms with van der Waals surface area (Å²) >= 11 is 1.72. The lowest BCUT2D eigenvalue weighted by Crippen LogP contribution is -2.36. The molecule has 8 heteroatoms. The van der Waals surface area contributed by atoms with Gasteiger partial charge >= 0.3 is 0 Å². The van der Waals surface area contributed by atoms with E-state index < -0.39 is 10.0 Å². The Morgan fingerprint density at radius 3 is 2.55 bits per heavy atom. The highest BCUT2D eigenvalue weighted by Crippen LogP contribution is 2.30. The fraction of sp³-hybridized carbons (Fsp3) is 0.476. The van der Waals surface area contributed by atoms with E-state index in [0.717, 1.165) is 32.1 Å². The maximum Gasteiger partial charge on any atom is 0.257 e. The molecule has 0 atom stereocenters. The van der Waals surface area contributed by atoms with Crippen LogP contribution in [0.3, 0.4) is 0 Å². The van der Waals surface area contributed by atoms with Gasteiger partial charge < -0.3 is 9.64 Å². The number of thiophene rings is 1. The number of carbonyl (C=O) groups excluding carboxylic acids is 1. The molecule has 0 saturated carbocycles. The van der Waals surface area contributed by atoms with Crippen molar-refractivity contribution in [3.8, 4) is 5.75 Å². The molecule has 0 bridgehead atoms. The summed E-state index contributed by atoms with van der Waals surface area (Å²) in [6.07, 6.45) is 4.68. The Balaban J connectivity index is 1.64. The first kappa shape index (κ1) is 20.4. The summed E-state index contributed by atoms with van der Waals surface area (Å²) in [5, 5.41) is 2.05. The number of carbonyl (C=O) groups is 1. The summed E-state index contributed by atoms with van der Waals surface area (Å²) in [4.78, 5) is 16.5. The number of hydrogen-bond acceptors (Lipinski definition) is 5. The standard InChI is InChI=1S/C21H26N2O4S2/c1-27-19-7-6-17(29(25,26)23-10-4-2-3-5-11-23)14-18(19)21(24)22-12-8-20-16(15-22)9-13-28-20/h6-7,9,13-14H,2-5,8,10-12,15H2,1H3. The third-order valence-corrected chi connectivity index (χ3v) is 8.62. The number of rotatable bonds is 4. The van der Waals surface area contributed by atoms with Gasteiger partial charge in [0, 0.05) is 31.1 Å². The molecule has 2 aliphatic rings. The number of fused-ring (bicyclic) bond motifs is 1. The van der Waals surface area contributed by atoms with Crippen molar-refractivity contribution in [3.05, 3.63) is 45.6 Å². The Labute approximate surface area is 176 Å². The lowest BCUT2D eigenvalue weighted by Gasteiger charge is -2.28. The molecule has 1 amide bonds. The van der Waals surface area contributed by atoms with Crippen molar-refractivity contribution in [2.45, 2.75) is 43.5 Å². The number of methoxy groups -OCH3 is 1. The lowest BCUT2D eigenvalue weighted by atomic mass is 10.1. The molecule has 1 aromatic carbocycles. The van der Waals surface area contributed by atoms with E-state index >= 15 is 0 Å². The lowest BCUT2D eigenvalue weighted by molar-refractivity contribution is 0.0732. The van der Waals surface area contributed by atoms with E-state index in [4.69, 9.17) is 4.74 Å². The summed E-state index contributed by atoms with van der Waals surface area (Å²) in [7, 11) is -2.13. The van der Waals surface area contributed by atoms with Crippen molar-refractivity contribution in [3.63, 3.8) is 0 Å². The van der Waals surface area contributed by atoms with Crippen LogP contribution in [0.4, 0.5) is 0 Å². The predicted molar refractivity (Wildman–Crippen MR) is 113 cm³/mol. The van der Waals surface area contributed by atoms with Crippen molar-refractivity contribution in [2.75, 3.05) is 26.7 Å². The second-order valence-electron chi connectivity index (χ2n) is 7.53. The summed E-state index contributed by atoms with van der Waals surface area (Å²) in [5.74, 6) is 0.215. The second kappa shape index (κ2) is 8.45. The number of amides is 1. The molecule has 0 spiro atoms. The van der Waals surface area contributed by atoms with Crippen molar-refractivity contribution in [1.82, 2.24) is 9.21 Å². The van der Waals surface area contributed by atoms with Gasteiger partial charge in [-0.25, -0.2) is 8.42 Å². The van der Waals surface area contributed by atoms with Gasteiger partial charge in [-0.15, -0.1) is 11.3 Å². The van der Waals surface area contributed by atoms with Crippen LogP contribution in [0, 0.1) is 0 Å². The zero-order chi connectivity index (χ0) is 20.4. The van der Waals surface area contributed by atoms with Crippen LogP contribution >= 0.6 is 11.3 Å². The van der Waals surface area contributed by atoms with Crippen LogP contribution in [-0.4, -0.2) is 50.3 Å². The Kier molecular flexibility index (Phi) is 5.94. The minimum atomic E-state index is -3.63. The summed E-state index contributed by atoms with van der Waals surface area (Å²) in [6, 6.07) is 6.68. The van der Waals surface area contributed by atoms with E-state index in [9.17, 15) is 13.2 Å². The first-order chi connectivity index (χ1) is 14.0. The number of hydrogen-bond donors (Lipinski definition) is 0. The molecule has 0 radical (unpaired) electrons. The largest absolute Gasteiger partial charge is 0.496 e. The van der Waals surface area contributed by atoms with Crippen LogP contribution in [0.2, 0.25) is 0 Å². The Bertz CT molecular complexity index is 992.